The smallest absolute Gasteiger partial charge is 0.325 e. The maximum Gasteiger partial charge on any atom is 0.325 e. The van der Waals surface area contributed by atoms with Gasteiger partial charge in [-0.2, -0.15) is 0 Å². The lowest BCUT2D eigenvalue weighted by atomic mass is 10.1. The van der Waals surface area contributed by atoms with Crippen molar-refractivity contribution in [2.75, 3.05) is 18.0 Å². The summed E-state index contributed by atoms with van der Waals surface area (Å²) in [6, 6.07) is 4.85. The van der Waals surface area contributed by atoms with E-state index >= 15 is 0 Å². The SMILES string of the molecule is Cc1ccc(N2CCCC2)c(C(=O)NC(C)C(=O)O)c1. The molecule has 5 nitrogen and oxygen atoms in total. The van der Waals surface area contributed by atoms with Crippen LogP contribution in [0.4, 0.5) is 5.69 Å². The number of hydrogen-bond donors (Lipinski definition) is 2. The van der Waals surface area contributed by atoms with Crippen LogP contribution >= 0.6 is 0 Å². The van der Waals surface area contributed by atoms with Gasteiger partial charge in [0.15, 0.2) is 0 Å². The van der Waals surface area contributed by atoms with Crippen LogP contribution in [-0.2, 0) is 4.79 Å². The standard InChI is InChI=1S/C15H20N2O3/c1-10-5-6-13(17-7-3-4-8-17)12(9-10)14(18)16-11(2)15(19)20/h5-6,9,11H,3-4,7-8H2,1-2H3,(H,16,18)(H,19,20). The van der Waals surface area contributed by atoms with Crippen LogP contribution in [0.2, 0.25) is 0 Å². The van der Waals surface area contributed by atoms with Gasteiger partial charge in [-0.05, 0) is 38.8 Å². The minimum absolute atomic E-state index is 0.328. The Hall–Kier alpha value is -2.04. The molecular weight excluding hydrogens is 256 g/mol. The molecular formula is C15H20N2O3. The van der Waals surface area contributed by atoms with Gasteiger partial charge in [0.1, 0.15) is 6.04 Å². The third kappa shape index (κ3) is 3.10. The molecule has 1 unspecified atom stereocenters. The number of aryl methyl sites for hydroxylation is 1. The number of anilines is 1. The number of rotatable bonds is 4. The summed E-state index contributed by atoms with van der Waals surface area (Å²) in [5.41, 5.74) is 2.43. The number of amides is 1. The second kappa shape index (κ2) is 5.94. The first-order valence-corrected chi connectivity index (χ1v) is 6.88. The van der Waals surface area contributed by atoms with Crippen molar-refractivity contribution >= 4 is 17.6 Å². The number of carbonyl (C=O) groups is 2. The molecule has 1 aromatic carbocycles. The van der Waals surface area contributed by atoms with Gasteiger partial charge in [0.25, 0.3) is 5.91 Å². The molecule has 20 heavy (non-hydrogen) atoms. The van der Waals surface area contributed by atoms with Gasteiger partial charge in [-0.1, -0.05) is 11.6 Å². The molecule has 0 spiro atoms. The molecule has 0 saturated carbocycles. The highest BCUT2D eigenvalue weighted by Crippen LogP contribution is 2.25. The molecule has 0 radical (unpaired) electrons. The lowest BCUT2D eigenvalue weighted by Crippen LogP contribution is -2.39. The molecule has 1 heterocycles. The topological polar surface area (TPSA) is 69.6 Å². The average Bonchev–Trinajstić information content (AvgIpc) is 2.92. The second-order valence-corrected chi connectivity index (χ2v) is 5.25. The first kappa shape index (κ1) is 14.4. The molecule has 0 aliphatic carbocycles. The molecule has 1 saturated heterocycles. The average molecular weight is 276 g/mol. The van der Waals surface area contributed by atoms with E-state index in [0.29, 0.717) is 5.56 Å². The van der Waals surface area contributed by atoms with Crippen LogP contribution in [0.15, 0.2) is 18.2 Å². The summed E-state index contributed by atoms with van der Waals surface area (Å²) >= 11 is 0. The zero-order valence-corrected chi connectivity index (χ0v) is 11.8. The quantitative estimate of drug-likeness (QED) is 0.879. The van der Waals surface area contributed by atoms with Crippen molar-refractivity contribution in [1.82, 2.24) is 5.32 Å². The van der Waals surface area contributed by atoms with E-state index in [-0.39, 0.29) is 5.91 Å². The van der Waals surface area contributed by atoms with Crippen LogP contribution in [0.5, 0.6) is 0 Å². The Morgan fingerprint density at radius 1 is 1.30 bits per heavy atom. The fraction of sp³-hybridized carbons (Fsp3) is 0.467. The number of hydrogen-bond acceptors (Lipinski definition) is 3. The van der Waals surface area contributed by atoms with Crippen LogP contribution in [0, 0.1) is 6.92 Å². The van der Waals surface area contributed by atoms with Gasteiger partial charge in [0.2, 0.25) is 0 Å². The summed E-state index contributed by atoms with van der Waals surface area (Å²) < 4.78 is 0. The number of carbonyl (C=O) groups excluding carboxylic acids is 1. The van der Waals surface area contributed by atoms with E-state index in [1.807, 2.05) is 25.1 Å². The number of nitrogens with one attached hydrogen (secondary N) is 1. The Balaban J connectivity index is 2.26. The van der Waals surface area contributed by atoms with Crippen LogP contribution in [0.25, 0.3) is 0 Å². The van der Waals surface area contributed by atoms with Crippen molar-refractivity contribution in [3.05, 3.63) is 29.3 Å². The second-order valence-electron chi connectivity index (χ2n) is 5.25. The van der Waals surface area contributed by atoms with Crippen LogP contribution < -0.4 is 10.2 Å². The monoisotopic (exact) mass is 276 g/mol. The Morgan fingerprint density at radius 3 is 2.55 bits per heavy atom. The maximum atomic E-state index is 12.3. The van der Waals surface area contributed by atoms with E-state index in [1.165, 1.54) is 6.92 Å². The van der Waals surface area contributed by atoms with E-state index < -0.39 is 12.0 Å². The Kier molecular flexibility index (Phi) is 4.27. The van der Waals surface area contributed by atoms with Gasteiger partial charge < -0.3 is 15.3 Å². The molecule has 1 aliphatic rings. The van der Waals surface area contributed by atoms with Gasteiger partial charge >= 0.3 is 5.97 Å². The van der Waals surface area contributed by atoms with Gasteiger partial charge in [-0.15, -0.1) is 0 Å². The number of nitrogens with zero attached hydrogens (tertiary/aromatic N) is 1. The van der Waals surface area contributed by atoms with Crippen molar-refractivity contribution in [2.24, 2.45) is 0 Å². The fourth-order valence-electron chi connectivity index (χ4n) is 2.40. The zero-order chi connectivity index (χ0) is 14.7. The maximum absolute atomic E-state index is 12.3. The molecule has 1 atom stereocenters. The van der Waals surface area contributed by atoms with E-state index in [4.69, 9.17) is 5.11 Å². The highest BCUT2D eigenvalue weighted by molar-refractivity contribution is 6.01. The van der Waals surface area contributed by atoms with Crippen LogP contribution in [0.1, 0.15) is 35.7 Å². The molecule has 0 aromatic heterocycles. The number of carboxylic acids is 1. The van der Waals surface area contributed by atoms with E-state index in [0.717, 1.165) is 37.2 Å². The van der Waals surface area contributed by atoms with Crippen LogP contribution in [-0.4, -0.2) is 36.1 Å². The first-order chi connectivity index (χ1) is 9.49. The molecule has 108 valence electrons. The molecule has 1 aromatic rings. The third-order valence-electron chi connectivity index (χ3n) is 3.56. The lowest BCUT2D eigenvalue weighted by molar-refractivity contribution is -0.138. The van der Waals surface area contributed by atoms with Crippen molar-refractivity contribution < 1.29 is 14.7 Å². The van der Waals surface area contributed by atoms with Gasteiger partial charge in [0.05, 0.1) is 5.56 Å². The summed E-state index contributed by atoms with van der Waals surface area (Å²) in [4.78, 5) is 25.3. The van der Waals surface area contributed by atoms with Gasteiger partial charge in [-0.3, -0.25) is 9.59 Å². The van der Waals surface area contributed by atoms with Gasteiger partial charge in [-0.25, -0.2) is 0 Å². The predicted molar refractivity (Wildman–Crippen MR) is 77.2 cm³/mol. The highest BCUT2D eigenvalue weighted by Gasteiger charge is 2.22. The van der Waals surface area contributed by atoms with E-state index in [1.54, 1.807) is 0 Å². The minimum atomic E-state index is -1.03. The molecule has 1 aliphatic heterocycles. The summed E-state index contributed by atoms with van der Waals surface area (Å²) in [6.45, 7) is 5.27. The Labute approximate surface area is 118 Å². The minimum Gasteiger partial charge on any atom is -0.480 e. The molecule has 5 heteroatoms. The number of carboxylic acid groups (broad SMARTS) is 1. The Morgan fingerprint density at radius 2 is 1.95 bits per heavy atom. The fourth-order valence-corrected chi connectivity index (χ4v) is 2.40. The number of benzene rings is 1. The summed E-state index contributed by atoms with van der Waals surface area (Å²) in [5.74, 6) is -1.36. The number of aliphatic carboxylic acids is 1. The lowest BCUT2D eigenvalue weighted by Gasteiger charge is -2.22. The van der Waals surface area contributed by atoms with Crippen molar-refractivity contribution in [3.63, 3.8) is 0 Å². The third-order valence-corrected chi connectivity index (χ3v) is 3.56. The largest absolute Gasteiger partial charge is 0.480 e. The molecule has 2 rings (SSSR count). The van der Waals surface area contributed by atoms with Crippen molar-refractivity contribution in [3.8, 4) is 0 Å². The van der Waals surface area contributed by atoms with Crippen molar-refractivity contribution in [2.45, 2.75) is 32.7 Å². The summed E-state index contributed by atoms with van der Waals surface area (Å²) in [7, 11) is 0. The molecule has 1 amide bonds. The molecule has 0 bridgehead atoms. The Bertz CT molecular complexity index is 522. The van der Waals surface area contributed by atoms with Crippen LogP contribution in [0.3, 0.4) is 0 Å². The highest BCUT2D eigenvalue weighted by atomic mass is 16.4. The summed E-state index contributed by atoms with van der Waals surface area (Å²) in [5, 5.41) is 11.4. The normalized spacial score (nSPS) is 16.0. The zero-order valence-electron chi connectivity index (χ0n) is 11.8. The van der Waals surface area contributed by atoms with Crippen molar-refractivity contribution in [1.29, 1.82) is 0 Å². The predicted octanol–water partition coefficient (Wildman–Crippen LogP) is 1.80. The van der Waals surface area contributed by atoms with E-state index in [9.17, 15) is 9.59 Å². The van der Waals surface area contributed by atoms with Gasteiger partial charge in [0, 0.05) is 18.8 Å². The molecule has 1 fully saturated rings. The molecule has 2 N–H and O–H groups in total. The summed E-state index contributed by atoms with van der Waals surface area (Å²) in [6.07, 6.45) is 2.25. The van der Waals surface area contributed by atoms with E-state index in [2.05, 4.69) is 10.2 Å². The first-order valence-electron chi connectivity index (χ1n) is 6.88.